The molecule has 1 atom stereocenters. The molecule has 0 spiro atoms. The zero-order chi connectivity index (χ0) is 13.2. The molecule has 1 aromatic carbocycles. The van der Waals surface area contributed by atoms with Crippen molar-refractivity contribution < 1.29 is 14.6 Å². The Kier molecular flexibility index (Phi) is 4.30. The molecule has 2 rings (SSSR count). The maximum Gasteiger partial charge on any atom is 0.133 e. The number of aliphatic hydroxyl groups excluding tert-OH is 1. The van der Waals surface area contributed by atoms with Gasteiger partial charge in [0.25, 0.3) is 0 Å². The van der Waals surface area contributed by atoms with Crippen molar-refractivity contribution in [1.29, 1.82) is 0 Å². The van der Waals surface area contributed by atoms with Crippen LogP contribution >= 0.6 is 15.9 Å². The van der Waals surface area contributed by atoms with Crippen LogP contribution in [0.4, 0.5) is 0 Å². The van der Waals surface area contributed by atoms with Gasteiger partial charge in [0.1, 0.15) is 5.75 Å². The minimum atomic E-state index is -0.493. The van der Waals surface area contributed by atoms with Gasteiger partial charge in [0.2, 0.25) is 0 Å². The van der Waals surface area contributed by atoms with E-state index in [1.807, 2.05) is 18.2 Å². The lowest BCUT2D eigenvalue weighted by Crippen LogP contribution is -2.40. The SMILES string of the molecule is COc1ccc(C(O)CC2(OC)CCC2)cc1Br. The van der Waals surface area contributed by atoms with Crippen LogP contribution in [0.1, 0.15) is 37.4 Å². The van der Waals surface area contributed by atoms with Gasteiger partial charge in [0, 0.05) is 13.5 Å². The summed E-state index contributed by atoms with van der Waals surface area (Å²) in [7, 11) is 3.36. The van der Waals surface area contributed by atoms with Gasteiger partial charge in [0.05, 0.1) is 23.3 Å². The number of hydrogen-bond donors (Lipinski definition) is 1. The topological polar surface area (TPSA) is 38.7 Å². The van der Waals surface area contributed by atoms with Crippen LogP contribution in [0.25, 0.3) is 0 Å². The average molecular weight is 315 g/mol. The van der Waals surface area contributed by atoms with Gasteiger partial charge in [-0.15, -0.1) is 0 Å². The predicted molar refractivity (Wildman–Crippen MR) is 73.9 cm³/mol. The van der Waals surface area contributed by atoms with E-state index in [4.69, 9.17) is 9.47 Å². The third-order valence-corrected chi connectivity index (χ3v) is 4.44. The summed E-state index contributed by atoms with van der Waals surface area (Å²) in [6, 6.07) is 5.67. The zero-order valence-electron chi connectivity index (χ0n) is 10.8. The van der Waals surface area contributed by atoms with Gasteiger partial charge in [-0.3, -0.25) is 0 Å². The Labute approximate surface area is 116 Å². The quantitative estimate of drug-likeness (QED) is 0.904. The first-order valence-corrected chi connectivity index (χ1v) is 6.96. The lowest BCUT2D eigenvalue weighted by molar-refractivity contribution is -0.0999. The monoisotopic (exact) mass is 314 g/mol. The molecule has 1 aromatic rings. The molecule has 3 nitrogen and oxygen atoms in total. The van der Waals surface area contributed by atoms with Crippen molar-refractivity contribution in [2.75, 3.05) is 14.2 Å². The van der Waals surface area contributed by atoms with Crippen molar-refractivity contribution >= 4 is 15.9 Å². The molecule has 100 valence electrons. The third-order valence-electron chi connectivity index (χ3n) is 3.82. The number of halogens is 1. The number of methoxy groups -OCH3 is 2. The van der Waals surface area contributed by atoms with E-state index in [2.05, 4.69) is 15.9 Å². The predicted octanol–water partition coefficient (Wildman–Crippen LogP) is 3.45. The molecule has 0 radical (unpaired) electrons. The molecule has 1 N–H and O–H groups in total. The first kappa shape index (κ1) is 13.8. The third kappa shape index (κ3) is 2.71. The second kappa shape index (κ2) is 5.59. The summed E-state index contributed by atoms with van der Waals surface area (Å²) < 4.78 is 11.6. The molecule has 0 aromatic heterocycles. The molecule has 0 bridgehead atoms. The van der Waals surface area contributed by atoms with Crippen LogP contribution < -0.4 is 4.74 Å². The minimum absolute atomic E-state index is 0.119. The Morgan fingerprint density at radius 3 is 2.56 bits per heavy atom. The highest BCUT2D eigenvalue weighted by Gasteiger charge is 2.39. The summed E-state index contributed by atoms with van der Waals surface area (Å²) in [5.74, 6) is 0.774. The highest BCUT2D eigenvalue weighted by Crippen LogP contribution is 2.42. The van der Waals surface area contributed by atoms with Gasteiger partial charge in [-0.1, -0.05) is 6.07 Å². The molecule has 0 amide bonds. The van der Waals surface area contributed by atoms with Crippen molar-refractivity contribution in [3.63, 3.8) is 0 Å². The fraction of sp³-hybridized carbons (Fsp3) is 0.571. The van der Waals surface area contributed by atoms with Crippen molar-refractivity contribution in [3.8, 4) is 5.75 Å². The highest BCUT2D eigenvalue weighted by molar-refractivity contribution is 9.10. The lowest BCUT2D eigenvalue weighted by Gasteiger charge is -2.41. The van der Waals surface area contributed by atoms with Crippen LogP contribution in [-0.2, 0) is 4.74 Å². The molecule has 1 unspecified atom stereocenters. The van der Waals surface area contributed by atoms with Crippen LogP contribution in [0.2, 0.25) is 0 Å². The van der Waals surface area contributed by atoms with E-state index in [9.17, 15) is 5.11 Å². The largest absolute Gasteiger partial charge is 0.496 e. The summed E-state index contributed by atoms with van der Waals surface area (Å²) in [5.41, 5.74) is 0.775. The summed E-state index contributed by atoms with van der Waals surface area (Å²) in [6.07, 6.45) is 3.43. The number of rotatable bonds is 5. The molecule has 0 heterocycles. The molecular weight excluding hydrogens is 296 g/mol. The number of hydrogen-bond acceptors (Lipinski definition) is 3. The van der Waals surface area contributed by atoms with E-state index >= 15 is 0 Å². The Balaban J connectivity index is 2.09. The number of benzene rings is 1. The van der Waals surface area contributed by atoms with E-state index in [0.29, 0.717) is 6.42 Å². The smallest absolute Gasteiger partial charge is 0.133 e. The highest BCUT2D eigenvalue weighted by atomic mass is 79.9. The van der Waals surface area contributed by atoms with Crippen molar-refractivity contribution in [2.24, 2.45) is 0 Å². The van der Waals surface area contributed by atoms with Crippen molar-refractivity contribution in [3.05, 3.63) is 28.2 Å². The van der Waals surface area contributed by atoms with Gasteiger partial charge in [-0.05, 0) is 52.9 Å². The summed E-state index contributed by atoms with van der Waals surface area (Å²) in [4.78, 5) is 0. The molecule has 4 heteroatoms. The molecule has 18 heavy (non-hydrogen) atoms. The van der Waals surface area contributed by atoms with E-state index in [1.165, 1.54) is 6.42 Å². The maximum atomic E-state index is 10.3. The first-order valence-electron chi connectivity index (χ1n) is 6.17. The van der Waals surface area contributed by atoms with E-state index in [0.717, 1.165) is 28.6 Å². The second-order valence-corrected chi connectivity index (χ2v) is 5.71. The standard InChI is InChI=1S/C14H19BrO3/c1-17-13-5-4-10(8-11(13)15)12(16)9-14(18-2)6-3-7-14/h4-5,8,12,16H,3,6-7,9H2,1-2H3. The van der Waals surface area contributed by atoms with Gasteiger partial charge in [-0.2, -0.15) is 0 Å². The molecule has 0 saturated heterocycles. The fourth-order valence-electron chi connectivity index (χ4n) is 2.42. The van der Waals surface area contributed by atoms with E-state index in [-0.39, 0.29) is 5.60 Å². The lowest BCUT2D eigenvalue weighted by atomic mass is 9.75. The first-order chi connectivity index (χ1) is 8.60. The average Bonchev–Trinajstić information content (AvgIpc) is 2.33. The van der Waals surface area contributed by atoms with Crippen molar-refractivity contribution in [2.45, 2.75) is 37.4 Å². The van der Waals surface area contributed by atoms with Gasteiger partial charge in [-0.25, -0.2) is 0 Å². The summed E-state index contributed by atoms with van der Waals surface area (Å²) in [6.45, 7) is 0. The van der Waals surface area contributed by atoms with Crippen molar-refractivity contribution in [1.82, 2.24) is 0 Å². The number of aliphatic hydroxyl groups is 1. The Hall–Kier alpha value is -0.580. The van der Waals surface area contributed by atoms with Gasteiger partial charge < -0.3 is 14.6 Å². The Morgan fingerprint density at radius 1 is 1.39 bits per heavy atom. The summed E-state index contributed by atoms with van der Waals surface area (Å²) in [5, 5.41) is 10.3. The summed E-state index contributed by atoms with van der Waals surface area (Å²) >= 11 is 3.44. The molecular formula is C14H19BrO3. The Bertz CT molecular complexity index is 410. The van der Waals surface area contributed by atoms with Gasteiger partial charge in [0.15, 0.2) is 0 Å². The Morgan fingerprint density at radius 2 is 2.11 bits per heavy atom. The van der Waals surface area contributed by atoms with Crippen LogP contribution in [0.15, 0.2) is 22.7 Å². The van der Waals surface area contributed by atoms with Crippen LogP contribution in [0.5, 0.6) is 5.75 Å². The zero-order valence-corrected chi connectivity index (χ0v) is 12.4. The molecule has 1 fully saturated rings. The maximum absolute atomic E-state index is 10.3. The molecule has 1 saturated carbocycles. The molecule has 1 aliphatic carbocycles. The van der Waals surface area contributed by atoms with E-state index < -0.39 is 6.10 Å². The van der Waals surface area contributed by atoms with E-state index in [1.54, 1.807) is 14.2 Å². The van der Waals surface area contributed by atoms with Crippen LogP contribution in [-0.4, -0.2) is 24.9 Å². The number of ether oxygens (including phenoxy) is 2. The van der Waals surface area contributed by atoms with Gasteiger partial charge >= 0.3 is 0 Å². The van der Waals surface area contributed by atoms with Crippen LogP contribution in [0.3, 0.4) is 0 Å². The minimum Gasteiger partial charge on any atom is -0.496 e. The molecule has 0 aliphatic heterocycles. The normalized spacial score (nSPS) is 19.1. The van der Waals surface area contributed by atoms with Crippen LogP contribution in [0, 0.1) is 0 Å². The molecule has 1 aliphatic rings. The fourth-order valence-corrected chi connectivity index (χ4v) is 2.98. The second-order valence-electron chi connectivity index (χ2n) is 4.85.